The summed E-state index contributed by atoms with van der Waals surface area (Å²) in [5.41, 5.74) is 1.68. The van der Waals surface area contributed by atoms with Crippen LogP contribution < -0.4 is 0 Å². The second kappa shape index (κ2) is 5.27. The fourth-order valence-corrected chi connectivity index (χ4v) is 1.90. The SMILES string of the molecule is CCCn1nncc1C(O)c1cc(C)ccc1F. The summed E-state index contributed by atoms with van der Waals surface area (Å²) >= 11 is 0. The molecule has 5 heteroatoms. The van der Waals surface area contributed by atoms with Crippen LogP contribution in [0.2, 0.25) is 0 Å². The van der Waals surface area contributed by atoms with Crippen LogP contribution in [0.3, 0.4) is 0 Å². The molecule has 0 aliphatic rings. The van der Waals surface area contributed by atoms with Crippen molar-refractivity contribution in [3.63, 3.8) is 0 Å². The first-order valence-corrected chi connectivity index (χ1v) is 5.96. The highest BCUT2D eigenvalue weighted by Crippen LogP contribution is 2.24. The number of aromatic nitrogens is 3. The predicted molar refractivity (Wildman–Crippen MR) is 65.5 cm³/mol. The molecule has 4 nitrogen and oxygen atoms in total. The Morgan fingerprint density at radius 2 is 2.22 bits per heavy atom. The molecule has 0 spiro atoms. The highest BCUT2D eigenvalue weighted by molar-refractivity contribution is 5.30. The molecule has 0 bridgehead atoms. The Hall–Kier alpha value is -1.75. The van der Waals surface area contributed by atoms with Gasteiger partial charge in [0.25, 0.3) is 0 Å². The second-order valence-corrected chi connectivity index (χ2v) is 4.31. The molecule has 1 N–H and O–H groups in total. The first-order chi connectivity index (χ1) is 8.63. The van der Waals surface area contributed by atoms with E-state index in [4.69, 9.17) is 0 Å². The van der Waals surface area contributed by atoms with E-state index < -0.39 is 11.9 Å². The zero-order valence-electron chi connectivity index (χ0n) is 10.5. The molecule has 0 saturated carbocycles. The summed E-state index contributed by atoms with van der Waals surface area (Å²) in [5.74, 6) is -0.419. The lowest BCUT2D eigenvalue weighted by molar-refractivity contribution is 0.202. The van der Waals surface area contributed by atoms with Crippen molar-refractivity contribution in [2.45, 2.75) is 32.9 Å². The van der Waals surface area contributed by atoms with Gasteiger partial charge in [0.2, 0.25) is 0 Å². The van der Waals surface area contributed by atoms with Crippen LogP contribution in [0.25, 0.3) is 0 Å². The molecule has 1 aromatic heterocycles. The molecule has 1 atom stereocenters. The molecule has 0 amide bonds. The molecule has 0 radical (unpaired) electrons. The van der Waals surface area contributed by atoms with Crippen molar-refractivity contribution in [1.29, 1.82) is 0 Å². The van der Waals surface area contributed by atoms with Gasteiger partial charge in [-0.2, -0.15) is 0 Å². The molecule has 1 aromatic carbocycles. The van der Waals surface area contributed by atoms with Gasteiger partial charge in [-0.25, -0.2) is 9.07 Å². The topological polar surface area (TPSA) is 50.9 Å². The molecule has 0 aliphatic carbocycles. The third-order valence-electron chi connectivity index (χ3n) is 2.81. The fraction of sp³-hybridized carbons (Fsp3) is 0.385. The van der Waals surface area contributed by atoms with E-state index in [0.29, 0.717) is 12.2 Å². The van der Waals surface area contributed by atoms with Gasteiger partial charge in [0.15, 0.2) is 0 Å². The van der Waals surface area contributed by atoms with Gasteiger partial charge in [-0.05, 0) is 19.4 Å². The third kappa shape index (κ3) is 2.41. The fourth-order valence-electron chi connectivity index (χ4n) is 1.90. The summed E-state index contributed by atoms with van der Waals surface area (Å²) in [7, 11) is 0. The standard InChI is InChI=1S/C13H16FN3O/c1-3-6-17-12(8-15-16-17)13(18)10-7-9(2)4-5-11(10)14/h4-5,7-8,13,18H,3,6H2,1-2H3. The van der Waals surface area contributed by atoms with Crippen LogP contribution in [-0.4, -0.2) is 20.1 Å². The van der Waals surface area contributed by atoms with Gasteiger partial charge in [0.1, 0.15) is 11.9 Å². The maximum atomic E-state index is 13.7. The predicted octanol–water partition coefficient (Wildman–Crippen LogP) is 2.22. The molecule has 96 valence electrons. The van der Waals surface area contributed by atoms with Gasteiger partial charge in [0.05, 0.1) is 11.9 Å². The van der Waals surface area contributed by atoms with Crippen molar-refractivity contribution in [3.05, 3.63) is 47.0 Å². The number of hydrogen-bond acceptors (Lipinski definition) is 3. The molecular weight excluding hydrogens is 233 g/mol. The van der Waals surface area contributed by atoms with E-state index in [2.05, 4.69) is 10.3 Å². The lowest BCUT2D eigenvalue weighted by Gasteiger charge is -2.13. The third-order valence-corrected chi connectivity index (χ3v) is 2.81. The first-order valence-electron chi connectivity index (χ1n) is 5.96. The van der Waals surface area contributed by atoms with Gasteiger partial charge < -0.3 is 5.11 Å². The maximum absolute atomic E-state index is 13.7. The average molecular weight is 249 g/mol. The Bertz CT molecular complexity index is 539. The van der Waals surface area contributed by atoms with Crippen LogP contribution in [-0.2, 0) is 6.54 Å². The van der Waals surface area contributed by atoms with Crippen LogP contribution in [0, 0.1) is 12.7 Å². The number of rotatable bonds is 4. The van der Waals surface area contributed by atoms with E-state index in [-0.39, 0.29) is 5.56 Å². The Morgan fingerprint density at radius 3 is 2.94 bits per heavy atom. The van der Waals surface area contributed by atoms with Crippen molar-refractivity contribution in [2.75, 3.05) is 0 Å². The van der Waals surface area contributed by atoms with Gasteiger partial charge in [-0.15, -0.1) is 5.10 Å². The first kappa shape index (κ1) is 12.7. The van der Waals surface area contributed by atoms with Crippen LogP contribution in [0.15, 0.2) is 24.4 Å². The highest BCUT2D eigenvalue weighted by Gasteiger charge is 2.19. The van der Waals surface area contributed by atoms with Crippen molar-refractivity contribution in [2.24, 2.45) is 0 Å². The van der Waals surface area contributed by atoms with Crippen LogP contribution in [0.5, 0.6) is 0 Å². The smallest absolute Gasteiger partial charge is 0.129 e. The number of halogens is 1. The van der Waals surface area contributed by atoms with Crippen molar-refractivity contribution in [1.82, 2.24) is 15.0 Å². The number of nitrogens with zero attached hydrogens (tertiary/aromatic N) is 3. The lowest BCUT2D eigenvalue weighted by atomic mass is 10.0. The number of aliphatic hydroxyl groups is 1. The maximum Gasteiger partial charge on any atom is 0.129 e. The van der Waals surface area contributed by atoms with Crippen molar-refractivity contribution < 1.29 is 9.50 Å². The molecule has 1 unspecified atom stereocenters. The minimum atomic E-state index is -1.04. The Morgan fingerprint density at radius 1 is 1.44 bits per heavy atom. The zero-order chi connectivity index (χ0) is 13.1. The second-order valence-electron chi connectivity index (χ2n) is 4.31. The molecule has 0 saturated heterocycles. The summed E-state index contributed by atoms with van der Waals surface area (Å²) in [6, 6.07) is 4.68. The minimum absolute atomic E-state index is 0.259. The van der Waals surface area contributed by atoms with Gasteiger partial charge >= 0.3 is 0 Å². The average Bonchev–Trinajstić information content (AvgIpc) is 2.80. The zero-order valence-corrected chi connectivity index (χ0v) is 10.5. The Kier molecular flexibility index (Phi) is 3.72. The lowest BCUT2D eigenvalue weighted by Crippen LogP contribution is -2.11. The van der Waals surface area contributed by atoms with E-state index in [9.17, 15) is 9.50 Å². The summed E-state index contributed by atoms with van der Waals surface area (Å²) in [6.07, 6.45) is 1.31. The van der Waals surface area contributed by atoms with Crippen molar-refractivity contribution in [3.8, 4) is 0 Å². The number of aryl methyl sites for hydroxylation is 2. The number of benzene rings is 1. The quantitative estimate of drug-likeness (QED) is 0.903. The molecule has 18 heavy (non-hydrogen) atoms. The number of aliphatic hydroxyl groups excluding tert-OH is 1. The van der Waals surface area contributed by atoms with E-state index in [1.165, 1.54) is 12.3 Å². The summed E-state index contributed by atoms with van der Waals surface area (Å²) in [4.78, 5) is 0. The van der Waals surface area contributed by atoms with E-state index in [1.54, 1.807) is 16.8 Å². The molecular formula is C13H16FN3O. The van der Waals surface area contributed by atoms with Gasteiger partial charge in [-0.3, -0.25) is 0 Å². The normalized spacial score (nSPS) is 12.7. The monoisotopic (exact) mass is 249 g/mol. The molecule has 0 aliphatic heterocycles. The van der Waals surface area contributed by atoms with E-state index in [1.807, 2.05) is 13.8 Å². The summed E-state index contributed by atoms with van der Waals surface area (Å²) in [5, 5.41) is 17.9. The van der Waals surface area contributed by atoms with Crippen LogP contribution in [0.4, 0.5) is 4.39 Å². The molecule has 0 fully saturated rings. The van der Waals surface area contributed by atoms with Gasteiger partial charge in [0, 0.05) is 12.1 Å². The Balaban J connectivity index is 2.38. The highest BCUT2D eigenvalue weighted by atomic mass is 19.1. The van der Waals surface area contributed by atoms with E-state index >= 15 is 0 Å². The summed E-state index contributed by atoms with van der Waals surface area (Å²) in [6.45, 7) is 4.52. The molecule has 2 aromatic rings. The van der Waals surface area contributed by atoms with E-state index in [0.717, 1.165) is 12.0 Å². The molecule has 2 rings (SSSR count). The largest absolute Gasteiger partial charge is 0.382 e. The Labute approximate surface area is 105 Å². The van der Waals surface area contributed by atoms with Crippen LogP contribution in [0.1, 0.15) is 36.3 Å². The number of hydrogen-bond donors (Lipinski definition) is 1. The summed E-state index contributed by atoms with van der Waals surface area (Å²) < 4.78 is 15.3. The van der Waals surface area contributed by atoms with Crippen LogP contribution >= 0.6 is 0 Å². The molecule has 1 heterocycles. The van der Waals surface area contributed by atoms with Gasteiger partial charge in [-0.1, -0.05) is 29.8 Å². The minimum Gasteiger partial charge on any atom is -0.382 e. The van der Waals surface area contributed by atoms with Crippen molar-refractivity contribution >= 4 is 0 Å².